The van der Waals surface area contributed by atoms with Crippen LogP contribution >= 0.6 is 0 Å². The Morgan fingerprint density at radius 2 is 2.07 bits per heavy atom. The van der Waals surface area contributed by atoms with Gasteiger partial charge in [-0.05, 0) is 44.4 Å². The summed E-state index contributed by atoms with van der Waals surface area (Å²) < 4.78 is 0. The average Bonchev–Trinajstić information content (AvgIpc) is 2.22. The summed E-state index contributed by atoms with van der Waals surface area (Å²) in [5.41, 5.74) is 8.05. The summed E-state index contributed by atoms with van der Waals surface area (Å²) in [4.78, 5) is 0. The number of hydrogen-bond acceptors (Lipinski definition) is 1. The zero-order valence-corrected chi connectivity index (χ0v) is 10.2. The predicted molar refractivity (Wildman–Crippen MR) is 69.4 cm³/mol. The summed E-state index contributed by atoms with van der Waals surface area (Å²) in [5, 5.41) is 0. The number of allylic oxidation sites excluding steroid dienone is 6. The molecule has 0 amide bonds. The van der Waals surface area contributed by atoms with Gasteiger partial charge in [-0.3, -0.25) is 0 Å². The molecule has 0 saturated carbocycles. The maximum atomic E-state index is 5.61. The van der Waals surface area contributed by atoms with E-state index in [-0.39, 0.29) is 0 Å². The molecule has 1 unspecified atom stereocenters. The maximum Gasteiger partial charge on any atom is -0.000958 e. The van der Waals surface area contributed by atoms with Crippen LogP contribution in [0.15, 0.2) is 48.2 Å². The van der Waals surface area contributed by atoms with Gasteiger partial charge in [0.1, 0.15) is 0 Å². The molecule has 0 aromatic rings. The monoisotopic (exact) mass is 205 g/mol. The molecule has 2 N–H and O–H groups in total. The molecule has 0 aliphatic rings. The lowest BCUT2D eigenvalue weighted by molar-refractivity contribution is 0.739. The Hall–Kier alpha value is -1.24. The normalized spacial score (nSPS) is 15.0. The first-order valence-corrected chi connectivity index (χ1v) is 5.47. The van der Waals surface area contributed by atoms with Crippen LogP contribution < -0.4 is 5.73 Å². The Kier molecular flexibility index (Phi) is 7.43. The Bertz CT molecular complexity index is 269. The molecule has 0 fully saturated rings. The van der Waals surface area contributed by atoms with Crippen molar-refractivity contribution in [2.24, 2.45) is 11.7 Å². The molecule has 0 aliphatic heterocycles. The molecule has 0 spiro atoms. The number of hydrogen-bond donors (Lipinski definition) is 1. The van der Waals surface area contributed by atoms with Gasteiger partial charge in [0.2, 0.25) is 0 Å². The van der Waals surface area contributed by atoms with E-state index in [0.29, 0.717) is 5.92 Å². The largest absolute Gasteiger partial charge is 0.405 e. The summed E-state index contributed by atoms with van der Waals surface area (Å²) in [5.74, 6) is 0.394. The molecule has 0 radical (unpaired) electrons. The standard InChI is InChI=1S/C14H23N/c1-5-6-7-8-9-10-14(11-15)13(4)12(2)3/h5-8,11,13H,2,9-10,15H2,1,3-4H3/b6-5-,8-7-,14-11-. The van der Waals surface area contributed by atoms with Gasteiger partial charge < -0.3 is 5.73 Å². The molecule has 0 bridgehead atoms. The third-order valence-corrected chi connectivity index (χ3v) is 2.55. The van der Waals surface area contributed by atoms with Crippen LogP contribution in [-0.2, 0) is 0 Å². The highest BCUT2D eigenvalue weighted by Crippen LogP contribution is 2.21. The first-order chi connectivity index (χ1) is 7.13. The molecule has 1 nitrogen and oxygen atoms in total. The smallest absolute Gasteiger partial charge is 0.000958 e. The Morgan fingerprint density at radius 3 is 2.53 bits per heavy atom. The second-order valence-electron chi connectivity index (χ2n) is 3.80. The highest BCUT2D eigenvalue weighted by atomic mass is 14.5. The summed E-state index contributed by atoms with van der Waals surface area (Å²) in [6.45, 7) is 10.2. The van der Waals surface area contributed by atoms with E-state index in [0.717, 1.165) is 12.8 Å². The third kappa shape index (κ3) is 5.95. The van der Waals surface area contributed by atoms with E-state index in [9.17, 15) is 0 Å². The maximum absolute atomic E-state index is 5.61. The van der Waals surface area contributed by atoms with Crippen molar-refractivity contribution in [1.29, 1.82) is 0 Å². The van der Waals surface area contributed by atoms with Gasteiger partial charge in [0.05, 0.1) is 0 Å². The lowest BCUT2D eigenvalue weighted by Crippen LogP contribution is -2.02. The molecule has 0 rings (SSSR count). The van der Waals surface area contributed by atoms with Crippen molar-refractivity contribution in [3.05, 3.63) is 48.2 Å². The fourth-order valence-corrected chi connectivity index (χ4v) is 1.30. The van der Waals surface area contributed by atoms with Crippen molar-refractivity contribution in [3.63, 3.8) is 0 Å². The van der Waals surface area contributed by atoms with E-state index in [1.807, 2.05) is 26.0 Å². The van der Waals surface area contributed by atoms with Crippen LogP contribution in [0.3, 0.4) is 0 Å². The Balaban J connectivity index is 4.08. The first-order valence-electron chi connectivity index (χ1n) is 5.47. The SMILES string of the molecule is C=C(C)C(C)/C(=C\N)CC/C=C\C=C/C. The molecule has 1 heteroatoms. The summed E-state index contributed by atoms with van der Waals surface area (Å²) in [6, 6.07) is 0. The minimum atomic E-state index is 0.394. The van der Waals surface area contributed by atoms with E-state index in [4.69, 9.17) is 5.73 Å². The summed E-state index contributed by atoms with van der Waals surface area (Å²) in [6.07, 6.45) is 12.1. The van der Waals surface area contributed by atoms with Gasteiger partial charge in [-0.2, -0.15) is 0 Å². The van der Waals surface area contributed by atoms with E-state index in [1.165, 1.54) is 11.1 Å². The molecule has 84 valence electrons. The molecule has 15 heavy (non-hydrogen) atoms. The van der Waals surface area contributed by atoms with Crippen LogP contribution in [0.4, 0.5) is 0 Å². The van der Waals surface area contributed by atoms with Crippen LogP contribution in [0, 0.1) is 5.92 Å². The van der Waals surface area contributed by atoms with Gasteiger partial charge >= 0.3 is 0 Å². The van der Waals surface area contributed by atoms with E-state index in [2.05, 4.69) is 25.7 Å². The average molecular weight is 205 g/mol. The summed E-state index contributed by atoms with van der Waals surface area (Å²) >= 11 is 0. The van der Waals surface area contributed by atoms with Crippen LogP contribution in [-0.4, -0.2) is 0 Å². The molecular weight excluding hydrogens is 182 g/mol. The second-order valence-corrected chi connectivity index (χ2v) is 3.80. The van der Waals surface area contributed by atoms with Gasteiger partial charge in [-0.15, -0.1) is 0 Å². The van der Waals surface area contributed by atoms with Gasteiger partial charge in [0.15, 0.2) is 0 Å². The molecule has 0 aliphatic carbocycles. The van der Waals surface area contributed by atoms with Gasteiger partial charge in [-0.1, -0.05) is 43.4 Å². The molecule has 0 aromatic carbocycles. The van der Waals surface area contributed by atoms with Gasteiger partial charge in [-0.25, -0.2) is 0 Å². The van der Waals surface area contributed by atoms with E-state index < -0.39 is 0 Å². The van der Waals surface area contributed by atoms with Gasteiger partial charge in [0.25, 0.3) is 0 Å². The van der Waals surface area contributed by atoms with Crippen molar-refractivity contribution in [3.8, 4) is 0 Å². The minimum absolute atomic E-state index is 0.394. The fraction of sp³-hybridized carbons (Fsp3) is 0.429. The number of rotatable bonds is 6. The van der Waals surface area contributed by atoms with Crippen LogP contribution in [0.25, 0.3) is 0 Å². The Morgan fingerprint density at radius 1 is 1.40 bits per heavy atom. The van der Waals surface area contributed by atoms with Crippen LogP contribution in [0.5, 0.6) is 0 Å². The first kappa shape index (κ1) is 13.8. The van der Waals surface area contributed by atoms with Crippen LogP contribution in [0.2, 0.25) is 0 Å². The van der Waals surface area contributed by atoms with Crippen molar-refractivity contribution in [2.45, 2.75) is 33.6 Å². The van der Waals surface area contributed by atoms with Gasteiger partial charge in [0, 0.05) is 0 Å². The van der Waals surface area contributed by atoms with Crippen LogP contribution in [0.1, 0.15) is 33.6 Å². The highest BCUT2D eigenvalue weighted by Gasteiger charge is 2.07. The molecule has 0 aromatic heterocycles. The third-order valence-electron chi connectivity index (χ3n) is 2.55. The minimum Gasteiger partial charge on any atom is -0.405 e. The lowest BCUT2D eigenvalue weighted by atomic mass is 9.92. The zero-order valence-electron chi connectivity index (χ0n) is 10.2. The lowest BCUT2D eigenvalue weighted by Gasteiger charge is -2.14. The predicted octanol–water partition coefficient (Wildman–Crippen LogP) is 3.95. The van der Waals surface area contributed by atoms with Crippen molar-refractivity contribution >= 4 is 0 Å². The van der Waals surface area contributed by atoms with E-state index >= 15 is 0 Å². The fourth-order valence-electron chi connectivity index (χ4n) is 1.30. The number of nitrogens with two attached hydrogens (primary N) is 1. The quantitative estimate of drug-likeness (QED) is 0.515. The van der Waals surface area contributed by atoms with Crippen molar-refractivity contribution in [1.82, 2.24) is 0 Å². The van der Waals surface area contributed by atoms with Crippen molar-refractivity contribution in [2.75, 3.05) is 0 Å². The topological polar surface area (TPSA) is 26.0 Å². The molecule has 1 atom stereocenters. The Labute approximate surface area is 94.1 Å². The molecule has 0 heterocycles. The van der Waals surface area contributed by atoms with Crippen molar-refractivity contribution < 1.29 is 0 Å². The highest BCUT2D eigenvalue weighted by molar-refractivity contribution is 5.16. The van der Waals surface area contributed by atoms with E-state index in [1.54, 1.807) is 6.20 Å². The second kappa shape index (κ2) is 8.10. The summed E-state index contributed by atoms with van der Waals surface area (Å²) in [7, 11) is 0. The zero-order chi connectivity index (χ0) is 11.7. The molecule has 0 saturated heterocycles. The molecular formula is C14H23N.